The molecule has 0 unspecified atom stereocenters. The second-order valence-electron chi connectivity index (χ2n) is 30.0. The van der Waals surface area contributed by atoms with Gasteiger partial charge >= 0.3 is 0 Å². The lowest BCUT2D eigenvalue weighted by atomic mass is 9.31. The van der Waals surface area contributed by atoms with Gasteiger partial charge in [-0.05, 0) is 173 Å². The van der Waals surface area contributed by atoms with Crippen molar-refractivity contribution in [1.29, 1.82) is 0 Å². The zero-order valence-electron chi connectivity index (χ0n) is 54.7. The molecule has 0 spiro atoms. The molecule has 90 heavy (non-hydrogen) atoms. The van der Waals surface area contributed by atoms with Crippen molar-refractivity contribution in [2.24, 2.45) is 0 Å². The van der Waals surface area contributed by atoms with Crippen LogP contribution in [0.1, 0.15) is 116 Å². The summed E-state index contributed by atoms with van der Waals surface area (Å²) in [5.74, 6) is 3.41. The van der Waals surface area contributed by atoms with Crippen molar-refractivity contribution >= 4 is 80.3 Å². The normalized spacial score (nSPS) is 13.8. The lowest BCUT2D eigenvalue weighted by Crippen LogP contribution is -2.64. The number of anilines is 6. The van der Waals surface area contributed by atoms with E-state index in [0.29, 0.717) is 0 Å². The number of nitrogens with zero attached hydrogens (tertiary/aromatic N) is 2. The van der Waals surface area contributed by atoms with Crippen LogP contribution >= 0.6 is 0 Å². The van der Waals surface area contributed by atoms with E-state index in [4.69, 9.17) is 9.47 Å². The third-order valence-corrected chi connectivity index (χ3v) is 19.6. The molecule has 15 rings (SSSR count). The van der Waals surface area contributed by atoms with Crippen molar-refractivity contribution in [3.63, 3.8) is 0 Å². The molecule has 11 aromatic carbocycles. The van der Waals surface area contributed by atoms with Crippen LogP contribution < -0.4 is 52.1 Å². The zero-order chi connectivity index (χ0) is 62.5. The molecule has 0 bridgehead atoms. The molecule has 4 aliphatic heterocycles. The summed E-state index contributed by atoms with van der Waals surface area (Å²) in [6, 6.07) is 82.9. The van der Waals surface area contributed by atoms with Gasteiger partial charge in [-0.25, -0.2) is 0 Å². The highest BCUT2D eigenvalue weighted by Crippen LogP contribution is 2.54. The number of hydrogen-bond donors (Lipinski definition) is 0. The summed E-state index contributed by atoms with van der Waals surface area (Å²) < 4.78 is 15.7. The number of benzene rings is 11. The summed E-state index contributed by atoms with van der Waals surface area (Å²) in [6.45, 7) is 31.3. The molecule has 0 fully saturated rings. The van der Waals surface area contributed by atoms with Crippen LogP contribution in [0.5, 0.6) is 23.0 Å². The quantitative estimate of drug-likeness (QED) is 0.155. The maximum Gasteiger partial charge on any atom is 0.256 e. The molecule has 0 N–H and O–H groups in total. The maximum absolute atomic E-state index is 7.84. The van der Waals surface area contributed by atoms with E-state index in [1.807, 2.05) is 0 Å². The predicted molar refractivity (Wildman–Crippen MR) is 384 cm³/mol. The van der Waals surface area contributed by atoms with Gasteiger partial charge in [0.15, 0.2) is 0 Å². The third kappa shape index (κ3) is 9.59. The van der Waals surface area contributed by atoms with Crippen LogP contribution in [-0.2, 0) is 21.7 Å². The third-order valence-electron chi connectivity index (χ3n) is 19.6. The van der Waals surface area contributed by atoms with E-state index in [1.54, 1.807) is 0 Å². The number of aryl methyl sites for hydroxylation is 2. The van der Waals surface area contributed by atoms with Crippen molar-refractivity contribution in [3.8, 4) is 67.5 Å². The van der Waals surface area contributed by atoms with Gasteiger partial charge in [-0.1, -0.05) is 264 Å². The summed E-state index contributed by atoms with van der Waals surface area (Å²) in [6.07, 6.45) is 0. The first-order valence-electron chi connectivity index (χ1n) is 32.3. The molecule has 0 aromatic heterocycles. The molecule has 0 saturated carbocycles. The first kappa shape index (κ1) is 57.2. The number of fused-ring (bicyclic) bond motifs is 10. The summed E-state index contributed by atoms with van der Waals surface area (Å²) in [4.78, 5) is 5.01. The summed E-state index contributed by atoms with van der Waals surface area (Å²) in [7, 11) is 0. The van der Waals surface area contributed by atoms with Crippen molar-refractivity contribution in [3.05, 3.63) is 252 Å². The fraction of sp³-hybridized carbons (Fsp3) is 0.214. The molecular formula is C84H78B2N2O2. The van der Waals surface area contributed by atoms with Crippen molar-refractivity contribution < 1.29 is 9.47 Å². The highest BCUT2D eigenvalue weighted by atomic mass is 16.5. The monoisotopic (exact) mass is 1170 g/mol. The highest BCUT2D eigenvalue weighted by Gasteiger charge is 2.52. The summed E-state index contributed by atoms with van der Waals surface area (Å²) >= 11 is 0. The van der Waals surface area contributed by atoms with Gasteiger partial charge in [0.2, 0.25) is 0 Å². The molecule has 4 heterocycles. The van der Waals surface area contributed by atoms with Crippen LogP contribution in [0.2, 0.25) is 0 Å². The fourth-order valence-electron chi connectivity index (χ4n) is 14.4. The average molecular weight is 1170 g/mol. The fourth-order valence-corrected chi connectivity index (χ4v) is 14.4. The number of ether oxygens (including phenoxy) is 2. The number of hydrogen-bond acceptors (Lipinski definition) is 4. The van der Waals surface area contributed by atoms with Gasteiger partial charge in [0.05, 0.1) is 11.4 Å². The molecule has 0 aliphatic carbocycles. The predicted octanol–water partition coefficient (Wildman–Crippen LogP) is 19.0. The SMILES string of the molecule is Cc1ccc2c(c1)B1c3cc(-c4ccc(C(C)(C)C)cc4)ccc3N(c3ccc(-c4ccc(C(C)(C)C)cc4)cc3)c3c4c5c(c(c31)O2)N(c1ccc(-c2ccc(C(C)(C)C)cc2)cc1)c1ccc(-c2ccc(C(C)(C)C)cc2)cc1B5c1cc(C)ccc1O4. The van der Waals surface area contributed by atoms with Crippen molar-refractivity contribution in [2.45, 2.75) is 119 Å². The molecule has 442 valence electrons. The van der Waals surface area contributed by atoms with Gasteiger partial charge in [-0.3, -0.25) is 0 Å². The van der Waals surface area contributed by atoms with Crippen LogP contribution in [0.4, 0.5) is 34.1 Å². The van der Waals surface area contributed by atoms with Gasteiger partial charge in [-0.2, -0.15) is 0 Å². The van der Waals surface area contributed by atoms with Crippen molar-refractivity contribution in [1.82, 2.24) is 0 Å². The van der Waals surface area contributed by atoms with Gasteiger partial charge in [0, 0.05) is 33.7 Å². The van der Waals surface area contributed by atoms with E-state index < -0.39 is 0 Å². The maximum atomic E-state index is 7.84. The van der Waals surface area contributed by atoms with Crippen molar-refractivity contribution in [2.75, 3.05) is 9.80 Å². The van der Waals surface area contributed by atoms with Crippen LogP contribution in [0, 0.1) is 13.8 Å². The second kappa shape index (κ2) is 20.7. The van der Waals surface area contributed by atoms with E-state index in [9.17, 15) is 0 Å². The molecule has 4 nitrogen and oxygen atoms in total. The van der Waals surface area contributed by atoms with Gasteiger partial charge < -0.3 is 19.3 Å². The van der Waals surface area contributed by atoms with Crippen LogP contribution in [0.15, 0.2) is 218 Å². The molecule has 0 atom stereocenters. The molecule has 0 amide bonds. The topological polar surface area (TPSA) is 24.9 Å². The Morgan fingerprint density at radius 1 is 0.278 bits per heavy atom. The van der Waals surface area contributed by atoms with Crippen LogP contribution in [0.25, 0.3) is 44.5 Å². The lowest BCUT2D eigenvalue weighted by molar-refractivity contribution is 0.477. The zero-order valence-corrected chi connectivity index (χ0v) is 54.7. The number of rotatable bonds is 6. The Balaban J connectivity index is 1.02. The van der Waals surface area contributed by atoms with Gasteiger partial charge in [0.25, 0.3) is 13.4 Å². The Labute approximate surface area is 534 Å². The minimum Gasteiger partial charge on any atom is -0.456 e. The Bertz CT molecular complexity index is 4370. The first-order chi connectivity index (χ1) is 42.9. The molecule has 11 aromatic rings. The van der Waals surface area contributed by atoms with E-state index in [2.05, 4.69) is 325 Å². The molecule has 6 heteroatoms. The Kier molecular flexibility index (Phi) is 13.1. The Morgan fingerprint density at radius 2 is 0.544 bits per heavy atom. The minimum atomic E-state index is -0.234. The van der Waals surface area contributed by atoms with E-state index in [1.165, 1.54) is 77.7 Å². The molecular weight excluding hydrogens is 1090 g/mol. The van der Waals surface area contributed by atoms with Crippen LogP contribution in [-0.4, -0.2) is 13.4 Å². The Hall–Kier alpha value is -9.25. The average Bonchev–Trinajstić information content (AvgIpc) is 0.689. The van der Waals surface area contributed by atoms with E-state index in [-0.39, 0.29) is 35.1 Å². The smallest absolute Gasteiger partial charge is 0.256 e. The van der Waals surface area contributed by atoms with Gasteiger partial charge in [-0.15, -0.1) is 0 Å². The first-order valence-corrected chi connectivity index (χ1v) is 32.3. The second-order valence-corrected chi connectivity index (χ2v) is 30.0. The standard InChI is InChI=1S/C84H78B2N2O2/c1-51-15-45-73-69(47-51)85-67-49-59(57-21-35-63(36-22-57)83(9,10)11)29-43-71(67)87(65-39-25-55(26-40-65)53-17-31-61(32-18-53)81(3,4)5)77-75(85)79(89-73)78-76-80(77)90-74-46-16-52(2)48-70(74)86(76)68-50-60(58-23-37-64(38-24-58)84(12,13)14)30-44-72(68)88(78)66-41-27-56(28-42-66)54-19-33-62(34-20-54)82(6,7)8/h15-50H,1-14H3. The summed E-state index contributed by atoms with van der Waals surface area (Å²) in [5.41, 5.74) is 30.3. The largest absolute Gasteiger partial charge is 0.456 e. The molecule has 4 aliphatic rings. The van der Waals surface area contributed by atoms with Crippen LogP contribution in [0.3, 0.4) is 0 Å². The summed E-state index contributed by atoms with van der Waals surface area (Å²) in [5, 5.41) is 0. The van der Waals surface area contributed by atoms with Gasteiger partial charge in [0.1, 0.15) is 23.0 Å². The molecule has 0 saturated heterocycles. The lowest BCUT2D eigenvalue weighted by Gasteiger charge is -2.47. The highest BCUT2D eigenvalue weighted by molar-refractivity contribution is 7.02. The molecule has 0 radical (unpaired) electrons. The minimum absolute atomic E-state index is 0.0272. The van der Waals surface area contributed by atoms with E-state index in [0.717, 1.165) is 90.1 Å². The van der Waals surface area contributed by atoms with E-state index >= 15 is 0 Å². The Morgan fingerprint density at radius 3 is 0.833 bits per heavy atom.